The molecule has 0 fully saturated rings. The lowest BCUT2D eigenvalue weighted by Crippen LogP contribution is -2.21. The van der Waals surface area contributed by atoms with E-state index in [1.807, 2.05) is 25.1 Å². The van der Waals surface area contributed by atoms with Crippen LogP contribution in [-0.4, -0.2) is 25.8 Å². The van der Waals surface area contributed by atoms with Crippen LogP contribution in [-0.2, 0) is 14.3 Å². The van der Waals surface area contributed by atoms with Crippen LogP contribution >= 0.6 is 0 Å². The maximum Gasteiger partial charge on any atom is 0.332 e. The summed E-state index contributed by atoms with van der Waals surface area (Å²) in [6.45, 7) is 6.49. The molecule has 18 heavy (non-hydrogen) atoms. The average Bonchev–Trinajstić information content (AvgIpc) is 2.33. The van der Waals surface area contributed by atoms with Crippen LogP contribution in [0.2, 0.25) is 0 Å². The lowest BCUT2D eigenvalue weighted by molar-refractivity contribution is -0.148. The van der Waals surface area contributed by atoms with Gasteiger partial charge in [-0.25, -0.2) is 4.79 Å². The van der Waals surface area contributed by atoms with Crippen molar-refractivity contribution in [2.75, 3.05) is 19.8 Å². The minimum absolute atomic E-state index is 0.0492. The fraction of sp³-hybridized carbons (Fsp3) is 0.500. The first-order valence-corrected chi connectivity index (χ1v) is 6.10. The summed E-state index contributed by atoms with van der Waals surface area (Å²) in [5, 5.41) is 0. The summed E-state index contributed by atoms with van der Waals surface area (Å²) in [4.78, 5) is 11.1. The van der Waals surface area contributed by atoms with Crippen molar-refractivity contribution in [3.05, 3.63) is 34.9 Å². The van der Waals surface area contributed by atoms with Gasteiger partial charge in [0.25, 0.3) is 0 Å². The van der Waals surface area contributed by atoms with Crippen molar-refractivity contribution >= 4 is 5.97 Å². The van der Waals surface area contributed by atoms with Crippen LogP contribution in [0.25, 0.3) is 0 Å². The Balaban J connectivity index is 2.43. The van der Waals surface area contributed by atoms with Crippen LogP contribution < -0.4 is 5.73 Å². The van der Waals surface area contributed by atoms with Gasteiger partial charge in [0.2, 0.25) is 0 Å². The largest absolute Gasteiger partial charge is 0.464 e. The highest BCUT2D eigenvalue weighted by atomic mass is 16.6. The molecule has 0 bridgehead atoms. The molecule has 4 nitrogen and oxygen atoms in total. The molecule has 0 aromatic heterocycles. The molecule has 0 aliphatic carbocycles. The number of aryl methyl sites for hydroxylation is 2. The first kappa shape index (κ1) is 14.7. The molecule has 1 rings (SSSR count). The molecule has 0 aliphatic heterocycles. The van der Waals surface area contributed by atoms with E-state index in [1.54, 1.807) is 6.92 Å². The van der Waals surface area contributed by atoms with Crippen LogP contribution in [0.3, 0.4) is 0 Å². The zero-order valence-electron chi connectivity index (χ0n) is 11.2. The molecule has 0 amide bonds. The zero-order chi connectivity index (χ0) is 13.5. The summed E-state index contributed by atoms with van der Waals surface area (Å²) in [6.07, 6.45) is 0. The summed E-state index contributed by atoms with van der Waals surface area (Å²) in [5.74, 6) is -0.357. The summed E-state index contributed by atoms with van der Waals surface area (Å²) >= 11 is 0. The van der Waals surface area contributed by atoms with E-state index in [4.69, 9.17) is 15.2 Å². The molecule has 4 heteroatoms. The fourth-order valence-corrected chi connectivity index (χ4v) is 1.56. The fourth-order valence-electron chi connectivity index (χ4n) is 1.56. The Labute approximate surface area is 108 Å². The second-order valence-electron chi connectivity index (χ2n) is 4.27. The Morgan fingerprint density at radius 1 is 1.33 bits per heavy atom. The molecule has 0 saturated carbocycles. The molecule has 1 atom stereocenters. The van der Waals surface area contributed by atoms with E-state index in [0.29, 0.717) is 13.2 Å². The Hall–Kier alpha value is -1.39. The number of nitrogens with two attached hydrogens (primary N) is 1. The van der Waals surface area contributed by atoms with Gasteiger partial charge >= 0.3 is 5.97 Å². The van der Waals surface area contributed by atoms with Crippen molar-refractivity contribution in [1.82, 2.24) is 0 Å². The van der Waals surface area contributed by atoms with E-state index in [2.05, 4.69) is 6.92 Å². The predicted molar refractivity (Wildman–Crippen MR) is 70.3 cm³/mol. The lowest BCUT2D eigenvalue weighted by atomic mass is 10.0. The third-order valence-electron chi connectivity index (χ3n) is 2.78. The molecule has 2 N–H and O–H groups in total. The number of hydrogen-bond donors (Lipinski definition) is 1. The number of carbonyl (C=O) groups is 1. The highest BCUT2D eigenvalue weighted by Crippen LogP contribution is 2.15. The van der Waals surface area contributed by atoms with E-state index in [9.17, 15) is 4.79 Å². The molecule has 1 aromatic rings. The normalized spacial score (nSPS) is 12.2. The van der Waals surface area contributed by atoms with Gasteiger partial charge in [-0.05, 0) is 37.5 Å². The smallest absolute Gasteiger partial charge is 0.332 e. The maximum absolute atomic E-state index is 11.1. The minimum Gasteiger partial charge on any atom is -0.464 e. The SMILES string of the molecule is CCOC(=O)COCC(N)c1ccc(C)c(C)c1. The Morgan fingerprint density at radius 3 is 2.67 bits per heavy atom. The molecule has 0 saturated heterocycles. The number of carbonyl (C=O) groups excluding carboxylic acids is 1. The van der Waals surface area contributed by atoms with Crippen LogP contribution in [0.15, 0.2) is 18.2 Å². The summed E-state index contributed by atoms with van der Waals surface area (Å²) in [7, 11) is 0. The van der Waals surface area contributed by atoms with Crippen molar-refractivity contribution in [3.63, 3.8) is 0 Å². The van der Waals surface area contributed by atoms with Crippen LogP contribution in [0.1, 0.15) is 29.7 Å². The standard InChI is InChI=1S/C14H21NO3/c1-4-18-14(16)9-17-8-13(15)12-6-5-10(2)11(3)7-12/h5-7,13H,4,8-9,15H2,1-3H3. The Kier molecular flexibility index (Phi) is 5.82. The highest BCUT2D eigenvalue weighted by Gasteiger charge is 2.09. The molecule has 0 heterocycles. The van der Waals surface area contributed by atoms with Gasteiger partial charge in [-0.3, -0.25) is 0 Å². The summed E-state index contributed by atoms with van der Waals surface area (Å²) in [5.41, 5.74) is 9.45. The third-order valence-corrected chi connectivity index (χ3v) is 2.78. The number of rotatable bonds is 6. The van der Waals surface area contributed by atoms with Gasteiger partial charge in [-0.1, -0.05) is 18.2 Å². The van der Waals surface area contributed by atoms with Gasteiger partial charge in [-0.15, -0.1) is 0 Å². The lowest BCUT2D eigenvalue weighted by Gasteiger charge is -2.13. The second kappa shape index (κ2) is 7.13. The number of ether oxygens (including phenoxy) is 2. The third kappa shape index (κ3) is 4.47. The number of benzene rings is 1. The van der Waals surface area contributed by atoms with E-state index in [-0.39, 0.29) is 18.6 Å². The Morgan fingerprint density at radius 2 is 2.06 bits per heavy atom. The summed E-state index contributed by atoms with van der Waals surface area (Å²) < 4.78 is 9.99. The number of hydrogen-bond acceptors (Lipinski definition) is 4. The zero-order valence-corrected chi connectivity index (χ0v) is 11.2. The monoisotopic (exact) mass is 251 g/mol. The van der Waals surface area contributed by atoms with Crippen molar-refractivity contribution in [2.45, 2.75) is 26.8 Å². The van der Waals surface area contributed by atoms with Gasteiger partial charge in [0.1, 0.15) is 6.61 Å². The van der Waals surface area contributed by atoms with Crippen LogP contribution in [0.5, 0.6) is 0 Å². The van der Waals surface area contributed by atoms with Crippen molar-refractivity contribution in [2.24, 2.45) is 5.73 Å². The van der Waals surface area contributed by atoms with Gasteiger partial charge in [0, 0.05) is 0 Å². The maximum atomic E-state index is 11.1. The molecular weight excluding hydrogens is 230 g/mol. The van der Waals surface area contributed by atoms with Crippen LogP contribution in [0.4, 0.5) is 0 Å². The van der Waals surface area contributed by atoms with Crippen molar-refractivity contribution in [1.29, 1.82) is 0 Å². The predicted octanol–water partition coefficient (Wildman–Crippen LogP) is 1.88. The first-order chi connectivity index (χ1) is 8.54. The molecule has 100 valence electrons. The van der Waals surface area contributed by atoms with Crippen LogP contribution in [0, 0.1) is 13.8 Å². The Bertz CT molecular complexity index is 404. The minimum atomic E-state index is -0.357. The van der Waals surface area contributed by atoms with E-state index >= 15 is 0 Å². The van der Waals surface area contributed by atoms with E-state index < -0.39 is 0 Å². The topological polar surface area (TPSA) is 61.5 Å². The van der Waals surface area contributed by atoms with Crippen molar-refractivity contribution in [3.8, 4) is 0 Å². The van der Waals surface area contributed by atoms with Gasteiger partial charge in [0.15, 0.2) is 0 Å². The quantitative estimate of drug-likeness (QED) is 0.784. The number of esters is 1. The molecule has 1 unspecified atom stereocenters. The van der Waals surface area contributed by atoms with E-state index in [1.165, 1.54) is 11.1 Å². The molecule has 0 spiro atoms. The summed E-state index contributed by atoms with van der Waals surface area (Å²) in [6, 6.07) is 5.85. The molecule has 0 radical (unpaired) electrons. The van der Waals surface area contributed by atoms with Gasteiger partial charge in [-0.2, -0.15) is 0 Å². The molecular formula is C14H21NO3. The highest BCUT2D eigenvalue weighted by molar-refractivity contribution is 5.70. The second-order valence-corrected chi connectivity index (χ2v) is 4.27. The van der Waals surface area contributed by atoms with Gasteiger partial charge in [0.05, 0.1) is 19.3 Å². The first-order valence-electron chi connectivity index (χ1n) is 6.10. The average molecular weight is 251 g/mol. The van der Waals surface area contributed by atoms with Crippen molar-refractivity contribution < 1.29 is 14.3 Å². The van der Waals surface area contributed by atoms with E-state index in [0.717, 1.165) is 5.56 Å². The molecule has 1 aromatic carbocycles. The van der Waals surface area contributed by atoms with Gasteiger partial charge < -0.3 is 15.2 Å². The molecule has 0 aliphatic rings.